The number of unbranched alkanes of at least 4 members (excludes halogenated alkanes) is 35. The van der Waals surface area contributed by atoms with Gasteiger partial charge in [-0.3, -0.25) is 14.1 Å². The summed E-state index contributed by atoms with van der Waals surface area (Å²) < 4.78 is 26.5. The van der Waals surface area contributed by atoms with Crippen molar-refractivity contribution in [1.29, 1.82) is 0 Å². The van der Waals surface area contributed by atoms with E-state index in [-0.39, 0.29) is 19.4 Å². The lowest BCUT2D eigenvalue weighted by molar-refractivity contribution is -0.161. The van der Waals surface area contributed by atoms with Crippen LogP contribution in [0.4, 0.5) is 0 Å². The van der Waals surface area contributed by atoms with Crippen molar-refractivity contribution in [2.45, 2.75) is 270 Å². The summed E-state index contributed by atoms with van der Waals surface area (Å²) in [7, 11) is -4.75. The third-order valence-electron chi connectivity index (χ3n) is 10.9. The van der Waals surface area contributed by atoms with Gasteiger partial charge >= 0.3 is 19.8 Å². The van der Waals surface area contributed by atoms with Gasteiger partial charge in [0.2, 0.25) is 0 Å². The summed E-state index contributed by atoms with van der Waals surface area (Å²) in [5.74, 6) is -0.863. The number of hydrogen-bond donors (Lipinski definition) is 2. The smallest absolute Gasteiger partial charge is 0.462 e. The van der Waals surface area contributed by atoms with E-state index in [2.05, 4.69) is 18.4 Å². The van der Waals surface area contributed by atoms with Crippen LogP contribution in [0.1, 0.15) is 264 Å². The van der Waals surface area contributed by atoms with Gasteiger partial charge in [0, 0.05) is 12.8 Å². The quantitative estimate of drug-likeness (QED) is 0.0355. The van der Waals surface area contributed by atoms with Gasteiger partial charge in [0.25, 0.3) is 0 Å². The predicted octanol–water partition coefficient (Wildman–Crippen LogP) is 14.8. The van der Waals surface area contributed by atoms with Gasteiger partial charge in [0.05, 0.1) is 6.61 Å². The van der Waals surface area contributed by atoms with Crippen LogP contribution in [0.5, 0.6) is 0 Å². The molecule has 0 aliphatic carbocycles. The Balaban J connectivity index is 3.79. The lowest BCUT2D eigenvalue weighted by atomic mass is 10.0. The van der Waals surface area contributed by atoms with Gasteiger partial charge in [-0.25, -0.2) is 4.57 Å². The van der Waals surface area contributed by atoms with Crippen molar-refractivity contribution in [2.75, 3.05) is 13.2 Å². The van der Waals surface area contributed by atoms with E-state index in [1.54, 1.807) is 0 Å². The molecule has 0 aromatic carbocycles. The summed E-state index contributed by atoms with van der Waals surface area (Å²) in [5.41, 5.74) is 0. The number of carbonyl (C=O) groups is 2. The number of ether oxygens (including phenoxy) is 2. The lowest BCUT2D eigenvalue weighted by Gasteiger charge is -2.18. The standard InChI is InChI=1S/C46H91O8P/c1-3-5-7-9-11-13-15-17-19-21-23-25-27-29-31-33-35-37-39-41-46(48)54-44(43-53-55(49,50)51)42-52-45(47)40-38-36-34-32-30-28-26-24-22-20-18-16-14-12-10-8-6-4-2/h44H,3-43H2,1-2H3,(H2,49,50,51). The van der Waals surface area contributed by atoms with Crippen molar-refractivity contribution >= 4 is 19.8 Å². The molecule has 0 aliphatic heterocycles. The third-order valence-corrected chi connectivity index (χ3v) is 11.4. The fourth-order valence-electron chi connectivity index (χ4n) is 7.32. The molecule has 0 aromatic heterocycles. The van der Waals surface area contributed by atoms with Gasteiger partial charge in [-0.2, -0.15) is 0 Å². The summed E-state index contributed by atoms with van der Waals surface area (Å²) >= 11 is 0. The summed E-state index contributed by atoms with van der Waals surface area (Å²) in [5, 5.41) is 0. The van der Waals surface area contributed by atoms with Crippen molar-refractivity contribution in [2.24, 2.45) is 0 Å². The second kappa shape index (κ2) is 42.7. The molecule has 0 saturated carbocycles. The minimum absolute atomic E-state index is 0.221. The molecule has 1 atom stereocenters. The van der Waals surface area contributed by atoms with Crippen LogP contribution in [0.25, 0.3) is 0 Å². The van der Waals surface area contributed by atoms with Crippen LogP contribution in [0.15, 0.2) is 0 Å². The maximum atomic E-state index is 12.4. The van der Waals surface area contributed by atoms with Crippen LogP contribution in [0.3, 0.4) is 0 Å². The van der Waals surface area contributed by atoms with Gasteiger partial charge in [0.15, 0.2) is 6.10 Å². The molecule has 0 saturated heterocycles. The van der Waals surface area contributed by atoms with Crippen molar-refractivity contribution in [3.8, 4) is 0 Å². The van der Waals surface area contributed by atoms with E-state index in [9.17, 15) is 14.2 Å². The van der Waals surface area contributed by atoms with E-state index in [1.165, 1.54) is 199 Å². The number of phosphoric ester groups is 1. The monoisotopic (exact) mass is 803 g/mol. The van der Waals surface area contributed by atoms with Crippen molar-refractivity contribution < 1.29 is 37.9 Å². The van der Waals surface area contributed by atoms with Gasteiger partial charge < -0.3 is 19.3 Å². The van der Waals surface area contributed by atoms with Crippen molar-refractivity contribution in [3.05, 3.63) is 0 Å². The molecule has 1 unspecified atom stereocenters. The number of esters is 2. The average Bonchev–Trinajstić information content (AvgIpc) is 3.16. The Morgan fingerprint density at radius 3 is 0.927 bits per heavy atom. The molecule has 0 fully saturated rings. The second-order valence-electron chi connectivity index (χ2n) is 16.5. The van der Waals surface area contributed by atoms with E-state index in [4.69, 9.17) is 19.3 Å². The fourth-order valence-corrected chi connectivity index (χ4v) is 7.68. The summed E-state index contributed by atoms with van der Waals surface area (Å²) in [4.78, 5) is 43.0. The molecule has 0 rings (SSSR count). The Kier molecular flexibility index (Phi) is 41.9. The SMILES string of the molecule is CCCCCCCCCCCCCCCCCCCCCC(=O)OC(COC(=O)CCCCCCCCCCCCCCCCCCCC)COP(=O)(O)O. The first kappa shape index (κ1) is 54.0. The molecule has 0 aromatic rings. The second-order valence-corrected chi connectivity index (χ2v) is 17.7. The minimum Gasteiger partial charge on any atom is -0.462 e. The van der Waals surface area contributed by atoms with E-state index < -0.39 is 32.5 Å². The normalized spacial score (nSPS) is 12.3. The first-order valence-electron chi connectivity index (χ1n) is 23.8. The summed E-state index contributed by atoms with van der Waals surface area (Å²) in [6.07, 6.45) is 46.9. The van der Waals surface area contributed by atoms with Crippen molar-refractivity contribution in [3.63, 3.8) is 0 Å². The highest BCUT2D eigenvalue weighted by Crippen LogP contribution is 2.36. The maximum absolute atomic E-state index is 12.4. The van der Waals surface area contributed by atoms with E-state index in [0.29, 0.717) is 6.42 Å². The molecule has 55 heavy (non-hydrogen) atoms. The molecule has 0 heterocycles. The predicted molar refractivity (Wildman–Crippen MR) is 230 cm³/mol. The lowest BCUT2D eigenvalue weighted by Crippen LogP contribution is -2.29. The molecule has 0 amide bonds. The minimum atomic E-state index is -4.75. The highest BCUT2D eigenvalue weighted by Gasteiger charge is 2.23. The average molecular weight is 803 g/mol. The van der Waals surface area contributed by atoms with E-state index in [1.807, 2.05) is 0 Å². The molecule has 328 valence electrons. The number of hydrogen-bond acceptors (Lipinski definition) is 6. The highest BCUT2D eigenvalue weighted by atomic mass is 31.2. The zero-order chi connectivity index (χ0) is 40.3. The maximum Gasteiger partial charge on any atom is 0.469 e. The van der Waals surface area contributed by atoms with Gasteiger partial charge in [-0.15, -0.1) is 0 Å². The molecule has 0 radical (unpaired) electrons. The van der Waals surface area contributed by atoms with Crippen LogP contribution in [-0.2, 0) is 28.2 Å². The largest absolute Gasteiger partial charge is 0.469 e. The molecule has 2 N–H and O–H groups in total. The van der Waals surface area contributed by atoms with Crippen LogP contribution in [0.2, 0.25) is 0 Å². The first-order valence-corrected chi connectivity index (χ1v) is 25.4. The number of phosphoric acid groups is 1. The van der Waals surface area contributed by atoms with E-state index in [0.717, 1.165) is 32.1 Å². The Labute approximate surface area is 340 Å². The number of carbonyl (C=O) groups excluding carboxylic acids is 2. The number of rotatable bonds is 45. The molecule has 0 spiro atoms. The molecule has 8 nitrogen and oxygen atoms in total. The Morgan fingerprint density at radius 2 is 0.655 bits per heavy atom. The zero-order valence-electron chi connectivity index (χ0n) is 36.4. The molecule has 9 heteroatoms. The van der Waals surface area contributed by atoms with Crippen LogP contribution >= 0.6 is 7.82 Å². The molecular weight excluding hydrogens is 711 g/mol. The van der Waals surface area contributed by atoms with Gasteiger partial charge in [-0.05, 0) is 12.8 Å². The summed E-state index contributed by atoms with van der Waals surface area (Å²) in [6, 6.07) is 0. The van der Waals surface area contributed by atoms with Gasteiger partial charge in [-0.1, -0.05) is 239 Å². The molecular formula is C46H91O8P. The molecule has 0 aliphatic rings. The topological polar surface area (TPSA) is 119 Å². The van der Waals surface area contributed by atoms with Crippen LogP contribution in [0, 0.1) is 0 Å². The molecule has 0 bridgehead atoms. The fraction of sp³-hybridized carbons (Fsp3) is 0.957. The van der Waals surface area contributed by atoms with Gasteiger partial charge in [0.1, 0.15) is 6.61 Å². The summed E-state index contributed by atoms with van der Waals surface area (Å²) in [6.45, 7) is 3.74. The highest BCUT2D eigenvalue weighted by molar-refractivity contribution is 7.46. The van der Waals surface area contributed by atoms with Crippen LogP contribution < -0.4 is 0 Å². The third kappa shape index (κ3) is 45.6. The van der Waals surface area contributed by atoms with Crippen LogP contribution in [-0.4, -0.2) is 41.0 Å². The Hall–Kier alpha value is -0.950. The van der Waals surface area contributed by atoms with Crippen molar-refractivity contribution in [1.82, 2.24) is 0 Å². The Bertz CT molecular complexity index is 863. The zero-order valence-corrected chi connectivity index (χ0v) is 37.3. The first-order chi connectivity index (χ1) is 26.8. The Morgan fingerprint density at radius 1 is 0.400 bits per heavy atom. The van der Waals surface area contributed by atoms with E-state index >= 15 is 0 Å².